The van der Waals surface area contributed by atoms with E-state index in [-0.39, 0.29) is 23.8 Å². The molecule has 0 saturated heterocycles. The van der Waals surface area contributed by atoms with E-state index in [9.17, 15) is 14.7 Å². The van der Waals surface area contributed by atoms with Crippen molar-refractivity contribution < 1.29 is 28.9 Å². The summed E-state index contributed by atoms with van der Waals surface area (Å²) in [6.07, 6.45) is 2.27. The summed E-state index contributed by atoms with van der Waals surface area (Å²) < 4.78 is 16.6. The molecule has 3 rings (SSSR count). The maximum Gasteiger partial charge on any atom is 0.415 e. The molecule has 0 radical (unpaired) electrons. The molecule has 184 valence electrons. The highest BCUT2D eigenvalue weighted by atomic mass is 35.5. The molecule has 0 aliphatic heterocycles. The number of hydrogen-bond acceptors (Lipinski definition) is 5. The van der Waals surface area contributed by atoms with E-state index in [1.54, 1.807) is 36.1 Å². The van der Waals surface area contributed by atoms with Crippen molar-refractivity contribution in [1.82, 2.24) is 4.90 Å². The number of ether oxygens (including phenoxy) is 3. The second kappa shape index (κ2) is 12.8. The molecular weight excluding hydrogens is 481 g/mol. The lowest BCUT2D eigenvalue weighted by Gasteiger charge is -2.31. The lowest BCUT2D eigenvalue weighted by Crippen LogP contribution is -2.41. The van der Waals surface area contributed by atoms with Gasteiger partial charge in [-0.05, 0) is 61.6 Å². The average Bonchev–Trinajstić information content (AvgIpc) is 2.77. The van der Waals surface area contributed by atoms with Crippen molar-refractivity contribution in [3.05, 3.63) is 58.1 Å². The molecule has 9 heteroatoms. The van der Waals surface area contributed by atoms with Crippen LogP contribution in [0.5, 0.6) is 11.5 Å². The highest BCUT2D eigenvalue weighted by Gasteiger charge is 2.25. The largest absolute Gasteiger partial charge is 0.492 e. The molecule has 1 saturated carbocycles. The zero-order valence-electron chi connectivity index (χ0n) is 19.0. The van der Waals surface area contributed by atoms with Gasteiger partial charge in [0.25, 0.3) is 0 Å². The molecule has 0 heterocycles. The summed E-state index contributed by atoms with van der Waals surface area (Å²) in [4.78, 5) is 25.7. The van der Waals surface area contributed by atoms with E-state index >= 15 is 0 Å². The van der Waals surface area contributed by atoms with E-state index in [4.69, 9.17) is 37.4 Å². The van der Waals surface area contributed by atoms with Crippen molar-refractivity contribution in [3.63, 3.8) is 0 Å². The van der Waals surface area contributed by atoms with Crippen LogP contribution in [0.25, 0.3) is 0 Å². The Balaban J connectivity index is 1.54. The Kier molecular flexibility index (Phi) is 9.86. The molecule has 0 spiro atoms. The summed E-state index contributed by atoms with van der Waals surface area (Å²) in [6, 6.07) is 11.9. The summed E-state index contributed by atoms with van der Waals surface area (Å²) in [5, 5.41) is 9.97. The Bertz CT molecular complexity index is 964. The minimum absolute atomic E-state index is 0.262. The van der Waals surface area contributed by atoms with E-state index < -0.39 is 18.2 Å². The van der Waals surface area contributed by atoms with Gasteiger partial charge in [0.1, 0.15) is 12.4 Å². The average molecular weight is 510 g/mol. The normalized spacial score (nSPS) is 14.2. The van der Waals surface area contributed by atoms with Crippen LogP contribution in [0.1, 0.15) is 31.7 Å². The van der Waals surface area contributed by atoms with Gasteiger partial charge in [0.2, 0.25) is 0 Å². The van der Waals surface area contributed by atoms with E-state index in [1.165, 1.54) is 12.5 Å². The number of halogens is 2. The van der Waals surface area contributed by atoms with Crippen molar-refractivity contribution in [2.75, 3.05) is 26.3 Å². The summed E-state index contributed by atoms with van der Waals surface area (Å²) in [5.41, 5.74) is 0.836. The van der Waals surface area contributed by atoms with Gasteiger partial charge in [-0.2, -0.15) is 0 Å². The van der Waals surface area contributed by atoms with Gasteiger partial charge in [0.05, 0.1) is 11.6 Å². The van der Waals surface area contributed by atoms with Gasteiger partial charge in [-0.15, -0.1) is 0 Å². The Morgan fingerprint density at radius 3 is 2.47 bits per heavy atom. The van der Waals surface area contributed by atoms with Crippen LogP contribution in [0.2, 0.25) is 10.0 Å². The molecule has 34 heavy (non-hydrogen) atoms. The zero-order chi connectivity index (χ0) is 24.5. The van der Waals surface area contributed by atoms with Crippen LogP contribution < -0.4 is 9.47 Å². The number of aliphatic carboxylic acids is 1. The molecule has 1 aliphatic carbocycles. The van der Waals surface area contributed by atoms with Gasteiger partial charge in [-0.3, -0.25) is 0 Å². The predicted molar refractivity (Wildman–Crippen MR) is 130 cm³/mol. The van der Waals surface area contributed by atoms with Crippen LogP contribution in [-0.2, 0) is 16.0 Å². The fourth-order valence-electron chi connectivity index (χ4n) is 3.59. The van der Waals surface area contributed by atoms with Crippen LogP contribution in [0, 0.1) is 5.92 Å². The van der Waals surface area contributed by atoms with E-state index in [0.717, 1.165) is 18.4 Å². The van der Waals surface area contributed by atoms with Crippen LogP contribution in [0.4, 0.5) is 4.79 Å². The SMILES string of the molecule is CCOC(Cc1ccc(OCCN(CC2CCC2)C(=O)Oc2ccc(Cl)cc2Cl)cc1)C(=O)O. The number of nitrogens with zero attached hydrogens (tertiary/aromatic N) is 1. The van der Waals surface area contributed by atoms with E-state index in [1.807, 2.05) is 12.1 Å². The highest BCUT2D eigenvalue weighted by Crippen LogP contribution is 2.30. The summed E-state index contributed by atoms with van der Waals surface area (Å²) in [5.74, 6) is 0.364. The van der Waals surface area contributed by atoms with Crippen molar-refractivity contribution in [2.45, 2.75) is 38.7 Å². The van der Waals surface area contributed by atoms with E-state index in [2.05, 4.69) is 0 Å². The molecule has 2 aromatic carbocycles. The number of benzene rings is 2. The number of carbonyl (C=O) groups is 2. The fourth-order valence-corrected chi connectivity index (χ4v) is 4.04. The number of rotatable bonds is 12. The molecule has 1 aliphatic rings. The zero-order valence-corrected chi connectivity index (χ0v) is 20.6. The van der Waals surface area contributed by atoms with E-state index in [0.29, 0.717) is 36.4 Å². The first-order chi connectivity index (χ1) is 16.4. The number of carboxylic acid groups (broad SMARTS) is 1. The van der Waals surface area contributed by atoms with Gasteiger partial charge in [-0.25, -0.2) is 9.59 Å². The third kappa shape index (κ3) is 7.79. The molecule has 1 fully saturated rings. The molecule has 0 bridgehead atoms. The second-order valence-corrected chi connectivity index (χ2v) is 9.01. The fraction of sp³-hybridized carbons (Fsp3) is 0.440. The number of hydrogen-bond donors (Lipinski definition) is 1. The Morgan fingerprint density at radius 2 is 1.88 bits per heavy atom. The smallest absolute Gasteiger partial charge is 0.415 e. The lowest BCUT2D eigenvalue weighted by atomic mass is 9.85. The van der Waals surface area contributed by atoms with Gasteiger partial charge < -0.3 is 24.2 Å². The first-order valence-corrected chi connectivity index (χ1v) is 12.1. The topological polar surface area (TPSA) is 85.3 Å². The highest BCUT2D eigenvalue weighted by molar-refractivity contribution is 6.35. The minimum atomic E-state index is -0.986. The summed E-state index contributed by atoms with van der Waals surface area (Å²) in [6.45, 7) is 3.34. The molecule has 1 unspecified atom stereocenters. The molecule has 2 aromatic rings. The van der Waals surface area contributed by atoms with Crippen molar-refractivity contribution in [2.24, 2.45) is 5.92 Å². The molecule has 1 N–H and O–H groups in total. The van der Waals surface area contributed by atoms with Gasteiger partial charge in [0.15, 0.2) is 11.9 Å². The monoisotopic (exact) mass is 509 g/mol. The van der Waals surface area contributed by atoms with Crippen molar-refractivity contribution in [3.8, 4) is 11.5 Å². The maximum absolute atomic E-state index is 12.8. The van der Waals surface area contributed by atoms with Crippen molar-refractivity contribution >= 4 is 35.3 Å². The lowest BCUT2D eigenvalue weighted by molar-refractivity contribution is -0.149. The summed E-state index contributed by atoms with van der Waals surface area (Å²) in [7, 11) is 0. The first kappa shape index (κ1) is 26.1. The van der Waals surface area contributed by atoms with Crippen LogP contribution >= 0.6 is 23.2 Å². The standard InChI is InChI=1S/C25H29Cl2NO6/c1-2-32-23(24(29)30)14-17-6-9-20(10-7-17)33-13-12-28(16-18-4-3-5-18)25(31)34-22-11-8-19(26)15-21(22)27/h6-11,15,18,23H,2-5,12-14,16H2,1H3,(H,29,30). The minimum Gasteiger partial charge on any atom is -0.492 e. The maximum atomic E-state index is 12.8. The van der Waals surface area contributed by atoms with Gasteiger partial charge in [0, 0.05) is 24.6 Å². The molecule has 1 amide bonds. The van der Waals surface area contributed by atoms with Crippen molar-refractivity contribution in [1.29, 1.82) is 0 Å². The first-order valence-electron chi connectivity index (χ1n) is 11.3. The third-order valence-corrected chi connectivity index (χ3v) is 6.20. The Labute approximate surface area is 209 Å². The third-order valence-electron chi connectivity index (χ3n) is 5.67. The quantitative estimate of drug-likeness (QED) is 0.394. The Morgan fingerprint density at radius 1 is 1.15 bits per heavy atom. The van der Waals surface area contributed by atoms with Gasteiger partial charge >= 0.3 is 12.1 Å². The Hall–Kier alpha value is -2.48. The molecule has 0 aromatic heterocycles. The molecular formula is C25H29Cl2NO6. The molecule has 1 atom stereocenters. The molecule has 7 nitrogen and oxygen atoms in total. The number of amides is 1. The van der Waals surface area contributed by atoms with Gasteiger partial charge in [-0.1, -0.05) is 41.8 Å². The number of carbonyl (C=O) groups excluding carboxylic acids is 1. The van der Waals surface area contributed by atoms with Crippen LogP contribution in [0.3, 0.4) is 0 Å². The van der Waals surface area contributed by atoms with Crippen LogP contribution in [0.15, 0.2) is 42.5 Å². The number of carboxylic acids is 1. The van der Waals surface area contributed by atoms with Crippen LogP contribution in [-0.4, -0.2) is 54.5 Å². The second-order valence-electron chi connectivity index (χ2n) is 8.16. The summed E-state index contributed by atoms with van der Waals surface area (Å²) >= 11 is 12.1. The predicted octanol–water partition coefficient (Wildman–Crippen LogP) is 5.71.